The molecule has 0 spiro atoms. The molecular formula is C16H13N9O. The predicted molar refractivity (Wildman–Crippen MR) is 91.0 cm³/mol. The van der Waals surface area contributed by atoms with Gasteiger partial charge in [0.15, 0.2) is 0 Å². The maximum Gasteiger partial charge on any atom is 0.256 e. The van der Waals surface area contributed by atoms with Gasteiger partial charge in [0.05, 0.1) is 5.69 Å². The van der Waals surface area contributed by atoms with E-state index in [1.165, 1.54) is 17.3 Å². The van der Waals surface area contributed by atoms with E-state index in [-0.39, 0.29) is 5.91 Å². The summed E-state index contributed by atoms with van der Waals surface area (Å²) in [7, 11) is 0. The summed E-state index contributed by atoms with van der Waals surface area (Å²) in [6, 6.07) is 8.63. The first-order valence-electron chi connectivity index (χ1n) is 7.68. The molecule has 0 aliphatic heterocycles. The third-order valence-corrected chi connectivity index (χ3v) is 3.69. The van der Waals surface area contributed by atoms with Crippen LogP contribution in [0, 0.1) is 6.92 Å². The van der Waals surface area contributed by atoms with Crippen molar-refractivity contribution in [3.8, 4) is 11.5 Å². The lowest BCUT2D eigenvalue weighted by atomic mass is 10.2. The molecule has 0 radical (unpaired) electrons. The topological polar surface area (TPSA) is 116 Å². The average Bonchev–Trinajstić information content (AvgIpc) is 3.34. The quantitative estimate of drug-likeness (QED) is 0.589. The standard InChI is InChI=1S/C16H13N9O/c1-11-17-5-6-24(11)15-8-14(18-9-19-15)21-16(26)12-3-2-4-13(7-12)25-10-20-22-23-25/h2-10H,1H3,(H,18,19,21,26). The van der Waals surface area contributed by atoms with Gasteiger partial charge in [0.2, 0.25) is 0 Å². The highest BCUT2D eigenvalue weighted by molar-refractivity contribution is 6.04. The monoisotopic (exact) mass is 347 g/mol. The molecular weight excluding hydrogens is 334 g/mol. The summed E-state index contributed by atoms with van der Waals surface area (Å²) < 4.78 is 3.27. The van der Waals surface area contributed by atoms with Crippen LogP contribution in [0.4, 0.5) is 5.82 Å². The van der Waals surface area contributed by atoms with Gasteiger partial charge in [-0.15, -0.1) is 5.10 Å². The van der Waals surface area contributed by atoms with Crippen LogP contribution in [0.1, 0.15) is 16.2 Å². The van der Waals surface area contributed by atoms with Crippen molar-refractivity contribution in [1.29, 1.82) is 0 Å². The van der Waals surface area contributed by atoms with Gasteiger partial charge in [-0.25, -0.2) is 19.6 Å². The van der Waals surface area contributed by atoms with Gasteiger partial charge in [0.1, 0.15) is 30.1 Å². The van der Waals surface area contributed by atoms with Crippen molar-refractivity contribution in [3.63, 3.8) is 0 Å². The molecule has 3 heterocycles. The summed E-state index contributed by atoms with van der Waals surface area (Å²) in [5, 5.41) is 13.8. The molecule has 1 N–H and O–H groups in total. The summed E-state index contributed by atoms with van der Waals surface area (Å²) in [6.07, 6.45) is 6.32. The van der Waals surface area contributed by atoms with Crippen molar-refractivity contribution in [2.45, 2.75) is 6.92 Å². The summed E-state index contributed by atoms with van der Waals surface area (Å²) >= 11 is 0. The highest BCUT2D eigenvalue weighted by Gasteiger charge is 2.10. The number of carbonyl (C=O) groups is 1. The lowest BCUT2D eigenvalue weighted by molar-refractivity contribution is 0.102. The molecule has 0 unspecified atom stereocenters. The Labute approximate surface area is 147 Å². The van der Waals surface area contributed by atoms with Gasteiger partial charge in [0, 0.05) is 24.0 Å². The van der Waals surface area contributed by atoms with E-state index in [2.05, 4.69) is 35.8 Å². The number of tetrazole rings is 1. The molecule has 10 nitrogen and oxygen atoms in total. The number of nitrogens with zero attached hydrogens (tertiary/aromatic N) is 8. The van der Waals surface area contributed by atoms with Crippen LogP contribution in [0.15, 0.2) is 55.4 Å². The second kappa shape index (κ2) is 6.51. The van der Waals surface area contributed by atoms with E-state index >= 15 is 0 Å². The fourth-order valence-corrected chi connectivity index (χ4v) is 2.42. The summed E-state index contributed by atoms with van der Waals surface area (Å²) in [5.74, 6) is 1.50. The van der Waals surface area contributed by atoms with Gasteiger partial charge in [0.25, 0.3) is 5.91 Å². The number of amides is 1. The number of imidazole rings is 1. The van der Waals surface area contributed by atoms with Gasteiger partial charge >= 0.3 is 0 Å². The number of carbonyl (C=O) groups excluding carboxylic acids is 1. The Hall–Kier alpha value is -3.95. The minimum Gasteiger partial charge on any atom is -0.306 e. The zero-order chi connectivity index (χ0) is 17.9. The van der Waals surface area contributed by atoms with Crippen LogP contribution in [-0.4, -0.2) is 45.6 Å². The van der Waals surface area contributed by atoms with E-state index in [9.17, 15) is 4.79 Å². The van der Waals surface area contributed by atoms with Crippen LogP contribution < -0.4 is 5.32 Å². The van der Waals surface area contributed by atoms with Crippen LogP contribution in [-0.2, 0) is 0 Å². The molecule has 0 aliphatic carbocycles. The fraction of sp³-hybridized carbons (Fsp3) is 0.0625. The molecule has 0 bridgehead atoms. The molecule has 0 saturated heterocycles. The summed E-state index contributed by atoms with van der Waals surface area (Å²) in [6.45, 7) is 1.87. The molecule has 128 valence electrons. The Kier molecular flexibility index (Phi) is 3.90. The van der Waals surface area contributed by atoms with Gasteiger partial charge < -0.3 is 5.32 Å². The zero-order valence-electron chi connectivity index (χ0n) is 13.7. The van der Waals surface area contributed by atoms with E-state index in [0.717, 1.165) is 5.82 Å². The highest BCUT2D eigenvalue weighted by Crippen LogP contribution is 2.14. The van der Waals surface area contributed by atoms with E-state index in [0.29, 0.717) is 22.9 Å². The molecule has 3 aromatic heterocycles. The third-order valence-electron chi connectivity index (χ3n) is 3.69. The average molecular weight is 347 g/mol. The molecule has 26 heavy (non-hydrogen) atoms. The van der Waals surface area contributed by atoms with Crippen LogP contribution in [0.25, 0.3) is 11.5 Å². The Morgan fingerprint density at radius 3 is 2.85 bits per heavy atom. The van der Waals surface area contributed by atoms with Gasteiger partial charge in [-0.1, -0.05) is 6.07 Å². The Bertz CT molecular complexity index is 1060. The van der Waals surface area contributed by atoms with Crippen LogP contribution in [0.3, 0.4) is 0 Å². The number of hydrogen-bond acceptors (Lipinski definition) is 7. The van der Waals surface area contributed by atoms with Crippen molar-refractivity contribution >= 4 is 11.7 Å². The first-order chi connectivity index (χ1) is 12.7. The van der Waals surface area contributed by atoms with Crippen LogP contribution in [0.5, 0.6) is 0 Å². The number of aromatic nitrogens is 8. The van der Waals surface area contributed by atoms with E-state index in [1.54, 1.807) is 47.3 Å². The largest absolute Gasteiger partial charge is 0.306 e. The minimum absolute atomic E-state index is 0.299. The Morgan fingerprint density at radius 1 is 1.15 bits per heavy atom. The molecule has 4 rings (SSSR count). The molecule has 0 aliphatic rings. The number of anilines is 1. The van der Waals surface area contributed by atoms with Crippen molar-refractivity contribution < 1.29 is 4.79 Å². The zero-order valence-corrected chi connectivity index (χ0v) is 13.7. The molecule has 0 atom stereocenters. The third kappa shape index (κ3) is 3.02. The fourth-order valence-electron chi connectivity index (χ4n) is 2.42. The van der Waals surface area contributed by atoms with Crippen LogP contribution >= 0.6 is 0 Å². The number of rotatable bonds is 4. The van der Waals surface area contributed by atoms with Gasteiger partial charge in [-0.05, 0) is 35.5 Å². The van der Waals surface area contributed by atoms with Gasteiger partial charge in [-0.3, -0.25) is 9.36 Å². The number of benzene rings is 1. The summed E-state index contributed by atoms with van der Waals surface area (Å²) in [5.41, 5.74) is 1.14. The van der Waals surface area contributed by atoms with Crippen molar-refractivity contribution in [3.05, 3.63) is 66.8 Å². The number of hydrogen-bond donors (Lipinski definition) is 1. The van der Waals surface area contributed by atoms with Crippen molar-refractivity contribution in [2.24, 2.45) is 0 Å². The Morgan fingerprint density at radius 2 is 2.08 bits per heavy atom. The second-order valence-corrected chi connectivity index (χ2v) is 5.36. The van der Waals surface area contributed by atoms with Crippen molar-refractivity contribution in [1.82, 2.24) is 39.7 Å². The predicted octanol–water partition coefficient (Wildman–Crippen LogP) is 1.20. The molecule has 4 aromatic rings. The summed E-state index contributed by atoms with van der Waals surface area (Å²) in [4.78, 5) is 25.0. The van der Waals surface area contributed by atoms with E-state index in [1.807, 2.05) is 6.92 Å². The second-order valence-electron chi connectivity index (χ2n) is 5.36. The Balaban J connectivity index is 1.57. The lowest BCUT2D eigenvalue weighted by Crippen LogP contribution is -2.14. The SMILES string of the molecule is Cc1nccn1-c1cc(NC(=O)c2cccc(-n3cnnn3)c2)ncn1. The molecule has 1 aromatic carbocycles. The minimum atomic E-state index is -0.299. The van der Waals surface area contributed by atoms with Crippen molar-refractivity contribution in [2.75, 3.05) is 5.32 Å². The molecule has 0 fully saturated rings. The first-order valence-corrected chi connectivity index (χ1v) is 7.68. The maximum absolute atomic E-state index is 12.5. The molecule has 10 heteroatoms. The number of nitrogens with one attached hydrogen (secondary N) is 1. The lowest BCUT2D eigenvalue weighted by Gasteiger charge is -2.08. The van der Waals surface area contributed by atoms with Crippen LogP contribution in [0.2, 0.25) is 0 Å². The van der Waals surface area contributed by atoms with E-state index in [4.69, 9.17) is 0 Å². The molecule has 1 amide bonds. The maximum atomic E-state index is 12.5. The first kappa shape index (κ1) is 15.6. The normalized spacial score (nSPS) is 10.7. The smallest absolute Gasteiger partial charge is 0.256 e. The highest BCUT2D eigenvalue weighted by atomic mass is 16.1. The van der Waals surface area contributed by atoms with Gasteiger partial charge in [-0.2, -0.15) is 0 Å². The number of aryl methyl sites for hydroxylation is 1. The van der Waals surface area contributed by atoms with E-state index < -0.39 is 0 Å². The molecule has 0 saturated carbocycles.